The molecule has 0 saturated carbocycles. The zero-order valence-corrected chi connectivity index (χ0v) is 14.0. The van der Waals surface area contributed by atoms with Crippen LogP contribution in [0, 0.1) is 0 Å². The second kappa shape index (κ2) is 8.08. The zero-order valence-electron chi connectivity index (χ0n) is 14.0. The second-order valence-corrected chi connectivity index (χ2v) is 6.41. The van der Waals surface area contributed by atoms with Crippen molar-refractivity contribution in [2.45, 2.75) is 51.9 Å². The van der Waals surface area contributed by atoms with Crippen molar-refractivity contribution in [2.24, 2.45) is 0 Å². The van der Waals surface area contributed by atoms with Gasteiger partial charge in [-0.3, -0.25) is 4.79 Å². The molecule has 0 aliphatic heterocycles. The summed E-state index contributed by atoms with van der Waals surface area (Å²) in [6, 6.07) is 6.50. The lowest BCUT2D eigenvalue weighted by Crippen LogP contribution is -2.34. The molecule has 1 amide bonds. The molecule has 2 unspecified atom stereocenters. The van der Waals surface area contributed by atoms with Crippen LogP contribution in [-0.2, 0) is 4.74 Å². The topological polar surface area (TPSA) is 95.9 Å². The van der Waals surface area contributed by atoms with Gasteiger partial charge in [-0.15, -0.1) is 0 Å². The highest BCUT2D eigenvalue weighted by atomic mass is 16.6. The highest BCUT2D eigenvalue weighted by molar-refractivity contribution is 5.94. The molecule has 0 fully saturated rings. The van der Waals surface area contributed by atoms with Gasteiger partial charge in [0, 0.05) is 12.1 Å². The van der Waals surface area contributed by atoms with E-state index < -0.39 is 23.9 Å². The molecule has 23 heavy (non-hydrogen) atoms. The van der Waals surface area contributed by atoms with Crippen molar-refractivity contribution in [1.82, 2.24) is 5.32 Å². The summed E-state index contributed by atoms with van der Waals surface area (Å²) in [6.07, 6.45) is -2.61. The maximum atomic E-state index is 11.5. The molecule has 0 saturated heterocycles. The molecule has 0 aliphatic rings. The van der Waals surface area contributed by atoms with Gasteiger partial charge >= 0.3 is 6.09 Å². The Kier molecular flexibility index (Phi) is 6.72. The fourth-order valence-corrected chi connectivity index (χ4v) is 1.96. The van der Waals surface area contributed by atoms with Gasteiger partial charge < -0.3 is 20.3 Å². The summed E-state index contributed by atoms with van der Waals surface area (Å²) in [5.74, 6) is -0.111. The smallest absolute Gasteiger partial charge is 0.407 e. The van der Waals surface area contributed by atoms with Crippen LogP contribution in [0.25, 0.3) is 0 Å². The molecule has 6 heteroatoms. The summed E-state index contributed by atoms with van der Waals surface area (Å²) >= 11 is 0. The van der Waals surface area contributed by atoms with Crippen LogP contribution in [0.5, 0.6) is 0 Å². The number of benzene rings is 1. The Morgan fingerprint density at radius 2 is 1.91 bits per heavy atom. The first kappa shape index (κ1) is 19.1. The van der Waals surface area contributed by atoms with E-state index in [0.29, 0.717) is 11.1 Å². The van der Waals surface area contributed by atoms with Crippen molar-refractivity contribution in [2.75, 3.05) is 6.54 Å². The number of carbonyl (C=O) groups excluding carboxylic acids is 2. The molecule has 128 valence electrons. The summed E-state index contributed by atoms with van der Waals surface area (Å²) in [6.45, 7) is 6.87. The van der Waals surface area contributed by atoms with Gasteiger partial charge in [0.2, 0.25) is 0 Å². The number of alkyl carbamates (subject to hydrolysis) is 1. The first-order chi connectivity index (χ1) is 10.6. The average molecular weight is 323 g/mol. The van der Waals surface area contributed by atoms with E-state index in [4.69, 9.17) is 4.74 Å². The van der Waals surface area contributed by atoms with Gasteiger partial charge in [0.25, 0.3) is 0 Å². The number of hydrogen-bond acceptors (Lipinski definition) is 5. The van der Waals surface area contributed by atoms with Crippen molar-refractivity contribution in [3.63, 3.8) is 0 Å². The average Bonchev–Trinajstić information content (AvgIpc) is 2.44. The minimum atomic E-state index is -1.13. The largest absolute Gasteiger partial charge is 0.444 e. The zero-order chi connectivity index (χ0) is 17.6. The van der Waals surface area contributed by atoms with Crippen LogP contribution in [0.15, 0.2) is 24.3 Å². The summed E-state index contributed by atoms with van der Waals surface area (Å²) in [5, 5.41) is 22.7. The van der Waals surface area contributed by atoms with Crippen LogP contribution in [0.4, 0.5) is 4.79 Å². The van der Waals surface area contributed by atoms with E-state index in [1.54, 1.807) is 45.0 Å². The molecule has 0 radical (unpaired) electrons. The Morgan fingerprint density at radius 3 is 2.48 bits per heavy atom. The molecule has 0 heterocycles. The lowest BCUT2D eigenvalue weighted by molar-refractivity contribution is 0.0122. The summed E-state index contributed by atoms with van der Waals surface area (Å²) in [5.41, 5.74) is 0.345. The lowest BCUT2D eigenvalue weighted by Gasteiger charge is -2.21. The molecule has 1 aromatic carbocycles. The number of amides is 1. The van der Waals surface area contributed by atoms with Crippen LogP contribution in [0.1, 0.15) is 56.1 Å². The van der Waals surface area contributed by atoms with E-state index in [2.05, 4.69) is 5.32 Å². The summed E-state index contributed by atoms with van der Waals surface area (Å²) in [7, 11) is 0. The van der Waals surface area contributed by atoms with Gasteiger partial charge in [-0.2, -0.15) is 0 Å². The van der Waals surface area contributed by atoms with Crippen LogP contribution >= 0.6 is 0 Å². The maximum Gasteiger partial charge on any atom is 0.407 e. The Labute approximate surface area is 136 Å². The maximum absolute atomic E-state index is 11.5. The molecule has 0 aliphatic carbocycles. The molecule has 0 bridgehead atoms. The molecule has 1 aromatic rings. The van der Waals surface area contributed by atoms with Crippen LogP contribution < -0.4 is 5.32 Å². The standard InChI is InChI=1S/C17H25NO5/c1-11(19)12-6-5-7-13(10-12)15(21)14(20)8-9-18-16(22)23-17(2,3)4/h5-7,10,14-15,20-21H,8-9H2,1-4H3,(H,18,22). The quantitative estimate of drug-likeness (QED) is 0.698. The van der Waals surface area contributed by atoms with Gasteiger partial charge in [0.15, 0.2) is 5.78 Å². The summed E-state index contributed by atoms with van der Waals surface area (Å²) in [4.78, 5) is 22.8. The highest BCUT2D eigenvalue weighted by Gasteiger charge is 2.20. The normalized spacial score (nSPS) is 14.0. The molecule has 6 nitrogen and oxygen atoms in total. The monoisotopic (exact) mass is 323 g/mol. The molecule has 0 spiro atoms. The molecule has 2 atom stereocenters. The third kappa shape index (κ3) is 6.80. The predicted octanol–water partition coefficient (Wildman–Crippen LogP) is 2.20. The number of rotatable bonds is 6. The Balaban J connectivity index is 2.51. The van der Waals surface area contributed by atoms with Crippen LogP contribution in [0.3, 0.4) is 0 Å². The van der Waals surface area contributed by atoms with Gasteiger partial charge in [-0.25, -0.2) is 4.79 Å². The Bertz CT molecular complexity index is 550. The first-order valence-corrected chi connectivity index (χ1v) is 7.54. The van der Waals surface area contributed by atoms with E-state index >= 15 is 0 Å². The van der Waals surface area contributed by atoms with E-state index in [9.17, 15) is 19.8 Å². The number of aliphatic hydroxyl groups is 2. The third-order valence-electron chi connectivity index (χ3n) is 3.11. The van der Waals surface area contributed by atoms with Gasteiger partial charge in [0.05, 0.1) is 6.10 Å². The number of ether oxygens (including phenoxy) is 1. The molecular weight excluding hydrogens is 298 g/mol. The van der Waals surface area contributed by atoms with Crippen molar-refractivity contribution in [3.8, 4) is 0 Å². The summed E-state index contributed by atoms with van der Waals surface area (Å²) < 4.78 is 5.08. The Morgan fingerprint density at radius 1 is 1.26 bits per heavy atom. The SMILES string of the molecule is CC(=O)c1cccc(C(O)C(O)CCNC(=O)OC(C)(C)C)c1. The molecule has 3 N–H and O–H groups in total. The second-order valence-electron chi connectivity index (χ2n) is 6.41. The van der Waals surface area contributed by atoms with E-state index in [0.717, 1.165) is 0 Å². The van der Waals surface area contributed by atoms with Crippen LogP contribution in [0.2, 0.25) is 0 Å². The van der Waals surface area contributed by atoms with Crippen LogP contribution in [-0.4, -0.2) is 40.3 Å². The predicted molar refractivity (Wildman–Crippen MR) is 86.3 cm³/mol. The van der Waals surface area contributed by atoms with Gasteiger partial charge in [-0.1, -0.05) is 18.2 Å². The van der Waals surface area contributed by atoms with E-state index in [1.807, 2.05) is 0 Å². The fraction of sp³-hybridized carbons (Fsp3) is 0.529. The van der Waals surface area contributed by atoms with E-state index in [1.165, 1.54) is 6.92 Å². The van der Waals surface area contributed by atoms with Crippen molar-refractivity contribution < 1.29 is 24.5 Å². The van der Waals surface area contributed by atoms with Gasteiger partial charge in [0.1, 0.15) is 11.7 Å². The number of hydrogen-bond donors (Lipinski definition) is 3. The van der Waals surface area contributed by atoms with Gasteiger partial charge in [-0.05, 0) is 45.7 Å². The molecular formula is C17H25NO5. The molecule has 1 rings (SSSR count). The first-order valence-electron chi connectivity index (χ1n) is 7.54. The number of Topliss-reactive ketones (excluding diaryl/α,β-unsaturated/α-hetero) is 1. The third-order valence-corrected chi connectivity index (χ3v) is 3.11. The molecule has 0 aromatic heterocycles. The van der Waals surface area contributed by atoms with Crippen molar-refractivity contribution >= 4 is 11.9 Å². The van der Waals surface area contributed by atoms with E-state index in [-0.39, 0.29) is 18.7 Å². The minimum absolute atomic E-state index is 0.111. The van der Waals surface area contributed by atoms with Crippen molar-refractivity contribution in [3.05, 3.63) is 35.4 Å². The number of aliphatic hydroxyl groups excluding tert-OH is 2. The number of carbonyl (C=O) groups is 2. The highest BCUT2D eigenvalue weighted by Crippen LogP contribution is 2.20. The number of ketones is 1. The lowest BCUT2D eigenvalue weighted by atomic mass is 9.99. The fourth-order valence-electron chi connectivity index (χ4n) is 1.96. The van der Waals surface area contributed by atoms with Crippen molar-refractivity contribution in [1.29, 1.82) is 0 Å². The minimum Gasteiger partial charge on any atom is -0.444 e. The Hall–Kier alpha value is -1.92. The number of nitrogens with one attached hydrogen (secondary N) is 1.